The van der Waals surface area contributed by atoms with Gasteiger partial charge in [-0.2, -0.15) is 0 Å². The minimum atomic E-state index is 0.480. The van der Waals surface area contributed by atoms with Crippen LogP contribution in [0.4, 0.5) is 0 Å². The fourth-order valence-corrected chi connectivity index (χ4v) is 3.12. The Hall–Kier alpha value is -1.12. The van der Waals surface area contributed by atoms with E-state index in [0.29, 0.717) is 5.92 Å². The van der Waals surface area contributed by atoms with Gasteiger partial charge in [0, 0.05) is 4.47 Å². The van der Waals surface area contributed by atoms with E-state index in [0.717, 1.165) is 19.4 Å². The third-order valence-electron chi connectivity index (χ3n) is 3.94. The van der Waals surface area contributed by atoms with Gasteiger partial charge in [-0.05, 0) is 67.5 Å². The first kappa shape index (κ1) is 15.3. The fourth-order valence-electron chi connectivity index (χ4n) is 2.67. The van der Waals surface area contributed by atoms with Crippen molar-refractivity contribution in [3.8, 4) is 0 Å². The van der Waals surface area contributed by atoms with Gasteiger partial charge in [-0.25, -0.2) is 0 Å². The van der Waals surface area contributed by atoms with Gasteiger partial charge in [-0.1, -0.05) is 52.3 Å². The standard InChI is InChI=1S/C18H22BrN/c1-13-6-5-7-14(2)17(13)11-15(12-20)10-16-8-3-4-9-18(16)19/h3-9,15H,10-12,20H2,1-2H3. The second-order valence-corrected chi connectivity index (χ2v) is 6.33. The van der Waals surface area contributed by atoms with Crippen LogP contribution in [0.1, 0.15) is 22.3 Å². The Kier molecular flexibility index (Phi) is 5.38. The van der Waals surface area contributed by atoms with Crippen LogP contribution in [0.2, 0.25) is 0 Å². The van der Waals surface area contributed by atoms with Crippen molar-refractivity contribution in [1.82, 2.24) is 0 Å². The Morgan fingerprint density at radius 2 is 1.60 bits per heavy atom. The number of hydrogen-bond acceptors (Lipinski definition) is 1. The number of rotatable bonds is 5. The molecule has 0 radical (unpaired) electrons. The van der Waals surface area contributed by atoms with Gasteiger partial charge in [-0.15, -0.1) is 0 Å². The van der Waals surface area contributed by atoms with E-state index < -0.39 is 0 Å². The molecule has 1 atom stereocenters. The largest absolute Gasteiger partial charge is 0.330 e. The molecule has 0 saturated heterocycles. The lowest BCUT2D eigenvalue weighted by molar-refractivity contribution is 0.530. The highest BCUT2D eigenvalue weighted by Gasteiger charge is 2.13. The van der Waals surface area contributed by atoms with Crippen molar-refractivity contribution in [1.29, 1.82) is 0 Å². The normalized spacial score (nSPS) is 12.4. The van der Waals surface area contributed by atoms with Gasteiger partial charge in [0.25, 0.3) is 0 Å². The van der Waals surface area contributed by atoms with Gasteiger partial charge in [0.15, 0.2) is 0 Å². The monoisotopic (exact) mass is 331 g/mol. The van der Waals surface area contributed by atoms with Gasteiger partial charge < -0.3 is 5.73 Å². The molecule has 1 unspecified atom stereocenters. The first-order chi connectivity index (χ1) is 9.61. The minimum Gasteiger partial charge on any atom is -0.330 e. The topological polar surface area (TPSA) is 26.0 Å². The van der Waals surface area contributed by atoms with Crippen LogP contribution in [0.5, 0.6) is 0 Å². The molecule has 106 valence electrons. The summed E-state index contributed by atoms with van der Waals surface area (Å²) in [7, 11) is 0. The zero-order valence-corrected chi connectivity index (χ0v) is 13.8. The first-order valence-corrected chi connectivity index (χ1v) is 7.89. The molecule has 0 bridgehead atoms. The van der Waals surface area contributed by atoms with Crippen molar-refractivity contribution in [2.24, 2.45) is 11.7 Å². The molecule has 0 aromatic heterocycles. The molecular weight excluding hydrogens is 310 g/mol. The van der Waals surface area contributed by atoms with E-state index in [9.17, 15) is 0 Å². The molecule has 20 heavy (non-hydrogen) atoms. The van der Waals surface area contributed by atoms with Crippen LogP contribution in [-0.2, 0) is 12.8 Å². The summed E-state index contributed by atoms with van der Waals surface area (Å²) in [6, 6.07) is 14.9. The molecule has 2 N–H and O–H groups in total. The Labute approximate surface area is 130 Å². The lowest BCUT2D eigenvalue weighted by Gasteiger charge is -2.18. The SMILES string of the molecule is Cc1cccc(C)c1CC(CN)Cc1ccccc1Br. The molecule has 0 amide bonds. The number of benzene rings is 2. The molecule has 0 saturated carbocycles. The average Bonchev–Trinajstić information content (AvgIpc) is 2.44. The van der Waals surface area contributed by atoms with Crippen LogP contribution in [0.3, 0.4) is 0 Å². The van der Waals surface area contributed by atoms with Gasteiger partial charge in [0.2, 0.25) is 0 Å². The van der Waals surface area contributed by atoms with E-state index in [1.54, 1.807) is 0 Å². The predicted octanol–water partition coefficient (Wildman–Crippen LogP) is 4.43. The first-order valence-electron chi connectivity index (χ1n) is 7.10. The van der Waals surface area contributed by atoms with E-state index in [1.165, 1.54) is 26.7 Å². The van der Waals surface area contributed by atoms with Gasteiger partial charge in [0.05, 0.1) is 0 Å². The predicted molar refractivity (Wildman–Crippen MR) is 90.0 cm³/mol. The molecule has 2 aromatic rings. The molecule has 0 aliphatic carbocycles. The van der Waals surface area contributed by atoms with Crippen LogP contribution >= 0.6 is 15.9 Å². The smallest absolute Gasteiger partial charge is 0.0207 e. The molecule has 2 aromatic carbocycles. The lowest BCUT2D eigenvalue weighted by atomic mass is 9.89. The summed E-state index contributed by atoms with van der Waals surface area (Å²) in [5.41, 5.74) is 11.5. The molecule has 2 rings (SSSR count). The maximum atomic E-state index is 6.00. The van der Waals surface area contributed by atoms with E-state index >= 15 is 0 Å². The molecule has 0 aliphatic heterocycles. The quantitative estimate of drug-likeness (QED) is 0.861. The molecule has 1 nitrogen and oxygen atoms in total. The van der Waals surface area contributed by atoms with Crippen molar-refractivity contribution in [3.63, 3.8) is 0 Å². The van der Waals surface area contributed by atoms with Crippen LogP contribution in [0.25, 0.3) is 0 Å². The molecule has 0 spiro atoms. The summed E-state index contributed by atoms with van der Waals surface area (Å²) < 4.78 is 1.18. The highest BCUT2D eigenvalue weighted by Crippen LogP contribution is 2.23. The summed E-state index contributed by atoms with van der Waals surface area (Å²) in [6.45, 7) is 5.10. The highest BCUT2D eigenvalue weighted by molar-refractivity contribution is 9.10. The summed E-state index contributed by atoms with van der Waals surface area (Å²) in [5, 5.41) is 0. The van der Waals surface area contributed by atoms with E-state index in [-0.39, 0.29) is 0 Å². The van der Waals surface area contributed by atoms with E-state index in [4.69, 9.17) is 5.73 Å². The van der Waals surface area contributed by atoms with E-state index in [1.807, 2.05) is 0 Å². The zero-order valence-electron chi connectivity index (χ0n) is 12.2. The summed E-state index contributed by atoms with van der Waals surface area (Å²) in [5.74, 6) is 0.480. The van der Waals surface area contributed by atoms with Crippen molar-refractivity contribution < 1.29 is 0 Å². The molecule has 0 aliphatic rings. The average molecular weight is 332 g/mol. The van der Waals surface area contributed by atoms with Gasteiger partial charge in [-0.3, -0.25) is 0 Å². The second kappa shape index (κ2) is 7.05. The van der Waals surface area contributed by atoms with E-state index in [2.05, 4.69) is 72.2 Å². The van der Waals surface area contributed by atoms with Crippen LogP contribution in [0.15, 0.2) is 46.9 Å². The Morgan fingerprint density at radius 3 is 2.20 bits per heavy atom. The Balaban J connectivity index is 2.16. The minimum absolute atomic E-state index is 0.480. The number of aryl methyl sites for hydroxylation is 2. The summed E-state index contributed by atoms with van der Waals surface area (Å²) in [4.78, 5) is 0. The fraction of sp³-hybridized carbons (Fsp3) is 0.333. The Morgan fingerprint density at radius 1 is 0.950 bits per heavy atom. The summed E-state index contributed by atoms with van der Waals surface area (Å²) >= 11 is 3.63. The third-order valence-corrected chi connectivity index (χ3v) is 4.71. The Bertz CT molecular complexity index is 557. The van der Waals surface area contributed by atoms with Crippen LogP contribution < -0.4 is 5.73 Å². The number of halogens is 1. The summed E-state index contributed by atoms with van der Waals surface area (Å²) in [6.07, 6.45) is 2.07. The molecule has 0 fully saturated rings. The molecule has 0 heterocycles. The maximum absolute atomic E-state index is 6.00. The van der Waals surface area contributed by atoms with Crippen molar-refractivity contribution in [2.45, 2.75) is 26.7 Å². The third kappa shape index (κ3) is 3.71. The zero-order chi connectivity index (χ0) is 14.5. The molecule has 2 heteroatoms. The second-order valence-electron chi connectivity index (χ2n) is 5.47. The van der Waals surface area contributed by atoms with Crippen molar-refractivity contribution in [2.75, 3.05) is 6.54 Å². The lowest BCUT2D eigenvalue weighted by Crippen LogP contribution is -2.20. The maximum Gasteiger partial charge on any atom is 0.0207 e. The van der Waals surface area contributed by atoms with Crippen molar-refractivity contribution >= 4 is 15.9 Å². The van der Waals surface area contributed by atoms with Crippen LogP contribution in [-0.4, -0.2) is 6.54 Å². The number of nitrogens with two attached hydrogens (primary N) is 1. The van der Waals surface area contributed by atoms with Crippen LogP contribution in [0, 0.1) is 19.8 Å². The highest BCUT2D eigenvalue weighted by atomic mass is 79.9. The molecular formula is C18H22BrN. The number of hydrogen-bond donors (Lipinski definition) is 1. The van der Waals surface area contributed by atoms with Gasteiger partial charge >= 0.3 is 0 Å². The van der Waals surface area contributed by atoms with Gasteiger partial charge in [0.1, 0.15) is 0 Å². The van der Waals surface area contributed by atoms with Crippen molar-refractivity contribution in [3.05, 3.63) is 69.2 Å².